The van der Waals surface area contributed by atoms with Gasteiger partial charge in [0, 0.05) is 17.1 Å². The lowest BCUT2D eigenvalue weighted by Crippen LogP contribution is -2.16. The van der Waals surface area contributed by atoms with Crippen LogP contribution in [0.5, 0.6) is 0 Å². The van der Waals surface area contributed by atoms with Crippen LogP contribution >= 0.6 is 11.8 Å². The molecule has 0 spiro atoms. The summed E-state index contributed by atoms with van der Waals surface area (Å²) in [6.45, 7) is 6.57. The molecule has 7 heteroatoms. The summed E-state index contributed by atoms with van der Waals surface area (Å²) in [4.78, 5) is 12.7. The number of carbonyl (C=O) groups is 1. The van der Waals surface area contributed by atoms with E-state index >= 15 is 0 Å². The monoisotopic (exact) mass is 457 g/mol. The van der Waals surface area contributed by atoms with Gasteiger partial charge in [-0.3, -0.25) is 9.36 Å². The second-order valence-electron chi connectivity index (χ2n) is 7.89. The van der Waals surface area contributed by atoms with Gasteiger partial charge in [-0.05, 0) is 56.2 Å². The molecule has 1 amide bonds. The van der Waals surface area contributed by atoms with Gasteiger partial charge < -0.3 is 10.6 Å². The van der Waals surface area contributed by atoms with Crippen molar-refractivity contribution in [2.45, 2.75) is 32.5 Å². The Morgan fingerprint density at radius 2 is 1.58 bits per heavy atom. The minimum atomic E-state index is -0.0701. The summed E-state index contributed by atoms with van der Waals surface area (Å²) in [5, 5.41) is 15.9. The van der Waals surface area contributed by atoms with Gasteiger partial charge in [-0.25, -0.2) is 0 Å². The van der Waals surface area contributed by atoms with E-state index in [0.29, 0.717) is 11.7 Å². The summed E-state index contributed by atoms with van der Waals surface area (Å²) in [6, 6.07) is 24.2. The van der Waals surface area contributed by atoms with Crippen molar-refractivity contribution >= 4 is 29.0 Å². The van der Waals surface area contributed by atoms with Crippen LogP contribution in [0.4, 0.5) is 11.4 Å². The molecule has 0 atom stereocenters. The molecule has 0 unspecified atom stereocenters. The number of para-hydroxylation sites is 2. The molecule has 168 valence electrons. The van der Waals surface area contributed by atoms with E-state index in [-0.39, 0.29) is 11.7 Å². The standard InChI is InChI=1S/C26H27N5OS/c1-18-12-14-21(15-13-18)27-16-23-29-30-26(31(23)22-10-5-4-6-11-22)33-17-24(32)28-25-19(2)8-7-9-20(25)3/h4-15,27H,16-17H2,1-3H3,(H,28,32). The highest BCUT2D eigenvalue weighted by atomic mass is 32.2. The molecule has 0 fully saturated rings. The number of hydrogen-bond acceptors (Lipinski definition) is 5. The van der Waals surface area contributed by atoms with Crippen LogP contribution in [0.25, 0.3) is 5.69 Å². The Morgan fingerprint density at radius 3 is 2.27 bits per heavy atom. The van der Waals surface area contributed by atoms with Crippen molar-refractivity contribution in [1.29, 1.82) is 0 Å². The molecule has 0 aliphatic rings. The molecular formula is C26H27N5OS. The van der Waals surface area contributed by atoms with E-state index in [1.54, 1.807) is 0 Å². The zero-order valence-corrected chi connectivity index (χ0v) is 19.8. The lowest BCUT2D eigenvalue weighted by Gasteiger charge is -2.13. The van der Waals surface area contributed by atoms with Crippen LogP contribution in [0, 0.1) is 20.8 Å². The predicted octanol–water partition coefficient (Wildman–Crippen LogP) is 5.54. The molecule has 1 aromatic heterocycles. The molecule has 0 aliphatic heterocycles. The Labute approximate surface area is 198 Å². The number of amides is 1. The quantitative estimate of drug-likeness (QED) is 0.340. The van der Waals surface area contributed by atoms with Gasteiger partial charge in [-0.15, -0.1) is 10.2 Å². The lowest BCUT2D eigenvalue weighted by atomic mass is 10.1. The number of anilines is 2. The number of thioether (sulfide) groups is 1. The Bertz CT molecular complexity index is 1220. The van der Waals surface area contributed by atoms with Crippen molar-refractivity contribution in [3.05, 3.63) is 95.3 Å². The van der Waals surface area contributed by atoms with Gasteiger partial charge in [0.25, 0.3) is 0 Å². The maximum absolute atomic E-state index is 12.7. The number of aromatic nitrogens is 3. The molecule has 0 aliphatic carbocycles. The smallest absolute Gasteiger partial charge is 0.234 e. The van der Waals surface area contributed by atoms with E-state index in [1.807, 2.05) is 79.1 Å². The van der Waals surface area contributed by atoms with E-state index in [0.717, 1.165) is 34.0 Å². The number of rotatable bonds is 8. The highest BCUT2D eigenvalue weighted by molar-refractivity contribution is 7.99. The Hall–Kier alpha value is -3.58. The second kappa shape index (κ2) is 10.4. The number of hydrogen-bond donors (Lipinski definition) is 2. The van der Waals surface area contributed by atoms with Crippen LogP contribution in [0.3, 0.4) is 0 Å². The van der Waals surface area contributed by atoms with Crippen LogP contribution in [0.2, 0.25) is 0 Å². The minimum Gasteiger partial charge on any atom is -0.378 e. The summed E-state index contributed by atoms with van der Waals surface area (Å²) < 4.78 is 2.00. The van der Waals surface area contributed by atoms with Crippen molar-refractivity contribution in [2.24, 2.45) is 0 Å². The molecule has 0 radical (unpaired) electrons. The second-order valence-corrected chi connectivity index (χ2v) is 8.84. The first-order valence-electron chi connectivity index (χ1n) is 10.8. The number of nitrogens with one attached hydrogen (secondary N) is 2. The fourth-order valence-corrected chi connectivity index (χ4v) is 4.29. The van der Waals surface area contributed by atoms with Crippen LogP contribution in [-0.2, 0) is 11.3 Å². The van der Waals surface area contributed by atoms with E-state index in [9.17, 15) is 4.79 Å². The number of benzene rings is 3. The first kappa shape index (κ1) is 22.6. The number of aryl methyl sites for hydroxylation is 3. The van der Waals surface area contributed by atoms with E-state index in [1.165, 1.54) is 17.3 Å². The maximum atomic E-state index is 12.7. The normalized spacial score (nSPS) is 10.8. The molecule has 4 rings (SSSR count). The number of nitrogens with zero attached hydrogens (tertiary/aromatic N) is 3. The first-order valence-corrected chi connectivity index (χ1v) is 11.8. The molecule has 0 saturated carbocycles. The molecule has 6 nitrogen and oxygen atoms in total. The summed E-state index contributed by atoms with van der Waals surface area (Å²) in [5.74, 6) is 0.947. The molecule has 1 heterocycles. The van der Waals surface area contributed by atoms with Crippen molar-refractivity contribution in [2.75, 3.05) is 16.4 Å². The zero-order chi connectivity index (χ0) is 23.2. The molecule has 3 aromatic carbocycles. The molecule has 0 bridgehead atoms. The third-order valence-electron chi connectivity index (χ3n) is 5.29. The van der Waals surface area contributed by atoms with Crippen LogP contribution < -0.4 is 10.6 Å². The van der Waals surface area contributed by atoms with E-state index in [4.69, 9.17) is 0 Å². The van der Waals surface area contributed by atoms with Crippen molar-refractivity contribution in [1.82, 2.24) is 14.8 Å². The summed E-state index contributed by atoms with van der Waals surface area (Å²) >= 11 is 1.37. The van der Waals surface area contributed by atoms with Gasteiger partial charge >= 0.3 is 0 Å². The average molecular weight is 458 g/mol. The van der Waals surface area contributed by atoms with Gasteiger partial charge in [0.2, 0.25) is 5.91 Å². The average Bonchev–Trinajstić information content (AvgIpc) is 3.23. The van der Waals surface area contributed by atoms with E-state index < -0.39 is 0 Å². The fourth-order valence-electron chi connectivity index (χ4n) is 3.51. The lowest BCUT2D eigenvalue weighted by molar-refractivity contribution is -0.113. The molecule has 2 N–H and O–H groups in total. The van der Waals surface area contributed by atoms with Crippen molar-refractivity contribution in [3.8, 4) is 5.69 Å². The Balaban J connectivity index is 1.50. The van der Waals surface area contributed by atoms with Crippen LogP contribution in [-0.4, -0.2) is 26.4 Å². The van der Waals surface area contributed by atoms with Gasteiger partial charge in [0.15, 0.2) is 11.0 Å². The van der Waals surface area contributed by atoms with Crippen LogP contribution in [0.15, 0.2) is 78.0 Å². The van der Waals surface area contributed by atoms with Crippen molar-refractivity contribution < 1.29 is 4.79 Å². The van der Waals surface area contributed by atoms with E-state index in [2.05, 4.69) is 39.9 Å². The molecule has 0 saturated heterocycles. The van der Waals surface area contributed by atoms with Crippen LogP contribution in [0.1, 0.15) is 22.5 Å². The number of carbonyl (C=O) groups excluding carboxylic acids is 1. The molecular weight excluding hydrogens is 430 g/mol. The van der Waals surface area contributed by atoms with Crippen molar-refractivity contribution in [3.63, 3.8) is 0 Å². The first-order chi connectivity index (χ1) is 16.0. The van der Waals surface area contributed by atoms with Gasteiger partial charge in [0.1, 0.15) is 0 Å². The fraction of sp³-hybridized carbons (Fsp3) is 0.192. The summed E-state index contributed by atoms with van der Waals surface area (Å²) in [5.41, 5.74) is 6.16. The third-order valence-corrected chi connectivity index (χ3v) is 6.22. The molecule has 4 aromatic rings. The Kier molecular flexibility index (Phi) is 7.10. The SMILES string of the molecule is Cc1ccc(NCc2nnc(SCC(=O)Nc3c(C)cccc3C)n2-c2ccccc2)cc1. The predicted molar refractivity (Wildman–Crippen MR) is 135 cm³/mol. The Morgan fingerprint density at radius 1 is 0.879 bits per heavy atom. The largest absolute Gasteiger partial charge is 0.378 e. The maximum Gasteiger partial charge on any atom is 0.234 e. The zero-order valence-electron chi connectivity index (χ0n) is 19.0. The molecule has 33 heavy (non-hydrogen) atoms. The minimum absolute atomic E-state index is 0.0701. The van der Waals surface area contributed by atoms with Gasteiger partial charge in [-0.1, -0.05) is 65.9 Å². The highest BCUT2D eigenvalue weighted by Crippen LogP contribution is 2.24. The topological polar surface area (TPSA) is 71.8 Å². The summed E-state index contributed by atoms with van der Waals surface area (Å²) in [6.07, 6.45) is 0. The van der Waals surface area contributed by atoms with Gasteiger partial charge in [0.05, 0.1) is 12.3 Å². The summed E-state index contributed by atoms with van der Waals surface area (Å²) in [7, 11) is 0. The highest BCUT2D eigenvalue weighted by Gasteiger charge is 2.16. The van der Waals surface area contributed by atoms with Gasteiger partial charge in [-0.2, -0.15) is 0 Å². The third kappa shape index (κ3) is 5.62.